The molecule has 3 aromatic rings. The first kappa shape index (κ1) is 23.5. The summed E-state index contributed by atoms with van der Waals surface area (Å²) >= 11 is 0. The molecular weight excluding hydrogens is 443 g/mol. The molecule has 9 heteroatoms. The molecule has 4 rings (SSSR count). The highest BCUT2D eigenvalue weighted by Crippen LogP contribution is 2.35. The summed E-state index contributed by atoms with van der Waals surface area (Å²) in [5.74, 6) is 0.420. The fraction of sp³-hybridized carbons (Fsp3) is 0.417. The number of aromatic nitrogens is 2. The third-order valence-electron chi connectivity index (χ3n) is 5.52. The Bertz CT molecular complexity index is 1210. The zero-order valence-electron chi connectivity index (χ0n) is 19.4. The van der Waals surface area contributed by atoms with Crippen LogP contribution in [-0.2, 0) is 15.4 Å². The molecule has 1 saturated heterocycles. The molecule has 1 fully saturated rings. The van der Waals surface area contributed by atoms with E-state index in [-0.39, 0.29) is 34.4 Å². The van der Waals surface area contributed by atoms with Gasteiger partial charge in [0, 0.05) is 16.2 Å². The van der Waals surface area contributed by atoms with Crippen LogP contribution in [0, 0.1) is 12.7 Å². The summed E-state index contributed by atoms with van der Waals surface area (Å²) in [4.78, 5) is 8.88. The molecule has 1 aliphatic heterocycles. The van der Waals surface area contributed by atoms with Crippen LogP contribution in [0.1, 0.15) is 26.3 Å². The Morgan fingerprint density at radius 3 is 2.70 bits per heavy atom. The van der Waals surface area contributed by atoms with Crippen LogP contribution in [-0.4, -0.2) is 51.5 Å². The van der Waals surface area contributed by atoms with Gasteiger partial charge in [-0.1, -0.05) is 31.5 Å². The Labute approximate surface area is 195 Å². The van der Waals surface area contributed by atoms with Gasteiger partial charge in [0.15, 0.2) is 6.10 Å². The van der Waals surface area contributed by atoms with Crippen molar-refractivity contribution in [2.24, 2.45) is 4.36 Å². The van der Waals surface area contributed by atoms with Crippen molar-refractivity contribution >= 4 is 38.8 Å². The molecule has 3 atom stereocenters. The van der Waals surface area contributed by atoms with Crippen LogP contribution in [0.5, 0.6) is 5.75 Å². The van der Waals surface area contributed by atoms with Gasteiger partial charge in [0.2, 0.25) is 0 Å². The number of halogens is 1. The molecule has 1 aromatic heterocycles. The van der Waals surface area contributed by atoms with Crippen LogP contribution in [0.15, 0.2) is 41.0 Å². The number of hydrogen-bond donors (Lipinski definition) is 2. The normalized spacial score (nSPS) is 19.7. The lowest BCUT2D eigenvalue weighted by atomic mass is 10.1. The van der Waals surface area contributed by atoms with E-state index in [2.05, 4.69) is 42.3 Å². The number of aliphatic hydroxyl groups excluding tert-OH is 1. The van der Waals surface area contributed by atoms with Crippen LogP contribution in [0.25, 0.3) is 10.9 Å². The largest absolute Gasteiger partial charge is 0.483 e. The molecule has 176 valence electrons. The minimum atomic E-state index is -0.762. The lowest BCUT2D eigenvalue weighted by molar-refractivity contribution is 0.0736. The van der Waals surface area contributed by atoms with Crippen LogP contribution in [0.3, 0.4) is 0 Å². The Kier molecular flexibility index (Phi) is 6.65. The van der Waals surface area contributed by atoms with Crippen molar-refractivity contribution in [1.82, 2.24) is 9.97 Å². The third kappa shape index (κ3) is 5.31. The molecule has 0 amide bonds. The zero-order valence-corrected chi connectivity index (χ0v) is 20.2. The first-order chi connectivity index (χ1) is 15.6. The zero-order chi connectivity index (χ0) is 23.8. The molecule has 2 heterocycles. The van der Waals surface area contributed by atoms with E-state index in [0.29, 0.717) is 11.5 Å². The van der Waals surface area contributed by atoms with Gasteiger partial charge in [0.25, 0.3) is 0 Å². The summed E-state index contributed by atoms with van der Waals surface area (Å²) in [5, 5.41) is 14.1. The van der Waals surface area contributed by atoms with Crippen LogP contribution >= 0.6 is 0 Å². The van der Waals surface area contributed by atoms with Crippen molar-refractivity contribution in [2.45, 2.75) is 44.6 Å². The topological polar surface area (TPSA) is 88.9 Å². The highest BCUT2D eigenvalue weighted by atomic mass is 32.2. The van der Waals surface area contributed by atoms with E-state index < -0.39 is 18.0 Å². The molecule has 7 nitrogen and oxygen atoms in total. The molecule has 0 saturated carbocycles. The predicted octanol–water partition coefficient (Wildman–Crippen LogP) is 4.82. The number of aryl methyl sites for hydroxylation is 1. The second-order valence-electron chi connectivity index (χ2n) is 9.09. The Morgan fingerprint density at radius 2 is 2.00 bits per heavy atom. The molecule has 2 N–H and O–H groups in total. The lowest BCUT2D eigenvalue weighted by Gasteiger charge is -2.20. The Morgan fingerprint density at radius 1 is 1.21 bits per heavy atom. The number of nitrogens with one attached hydrogen (secondary N) is 1. The van der Waals surface area contributed by atoms with E-state index in [4.69, 9.17) is 13.8 Å². The number of nitrogens with zero attached hydrogens (tertiary/aromatic N) is 3. The summed E-state index contributed by atoms with van der Waals surface area (Å²) in [6.07, 6.45) is 2.30. The maximum atomic E-state index is 14.0. The Hall–Kier alpha value is -2.62. The number of aliphatic hydroxyl groups is 1. The predicted molar refractivity (Wildman–Crippen MR) is 130 cm³/mol. The van der Waals surface area contributed by atoms with Gasteiger partial charge in [-0.25, -0.2) is 18.7 Å². The molecule has 0 radical (unpaired) electrons. The molecule has 1 aliphatic rings. The van der Waals surface area contributed by atoms with Crippen molar-refractivity contribution in [3.8, 4) is 5.75 Å². The van der Waals surface area contributed by atoms with Gasteiger partial charge in [0.1, 0.15) is 29.8 Å². The van der Waals surface area contributed by atoms with Crippen LogP contribution in [0.2, 0.25) is 0 Å². The first-order valence-electron chi connectivity index (χ1n) is 10.7. The molecule has 3 unspecified atom stereocenters. The molecule has 0 bridgehead atoms. The summed E-state index contributed by atoms with van der Waals surface area (Å²) in [5.41, 5.74) is 3.16. The number of fused-ring (bicyclic) bond motifs is 1. The standard InChI is InChI=1S/C24H29FN4O3S/c1-14-8-16(29-33(5)24(2,3)4)10-18-22(14)23(27-13-26-18)28-17-7-6-15(25)9-20(17)32-21-12-31-11-19(21)30/h6-10,13,19,21,30H,11-12H2,1-5H3,(H,26,27,28). The monoisotopic (exact) mass is 472 g/mol. The fourth-order valence-electron chi connectivity index (χ4n) is 3.44. The van der Waals surface area contributed by atoms with E-state index in [1.165, 1.54) is 18.5 Å². The van der Waals surface area contributed by atoms with Crippen molar-refractivity contribution in [3.63, 3.8) is 0 Å². The summed E-state index contributed by atoms with van der Waals surface area (Å²) in [6, 6.07) is 8.21. The summed E-state index contributed by atoms with van der Waals surface area (Å²) < 4.78 is 30.1. The fourth-order valence-corrected chi connectivity index (χ4v) is 4.13. The SMILES string of the molecule is Cc1cc(N=S(C)C(C)(C)C)cc2ncnc(Nc3ccc(F)cc3OC3COCC3O)c12. The second kappa shape index (κ2) is 9.32. The third-order valence-corrected chi connectivity index (χ3v) is 7.78. The molecule has 2 aromatic carbocycles. The maximum Gasteiger partial charge on any atom is 0.150 e. The minimum absolute atomic E-state index is 0.0815. The average molecular weight is 473 g/mol. The van der Waals surface area contributed by atoms with Crippen molar-refractivity contribution in [1.29, 1.82) is 0 Å². The van der Waals surface area contributed by atoms with E-state index in [9.17, 15) is 9.50 Å². The van der Waals surface area contributed by atoms with E-state index >= 15 is 0 Å². The van der Waals surface area contributed by atoms with Crippen molar-refractivity contribution in [3.05, 3.63) is 48.0 Å². The van der Waals surface area contributed by atoms with Gasteiger partial charge < -0.3 is 19.9 Å². The average Bonchev–Trinajstić information content (AvgIpc) is 3.13. The molecular formula is C24H29FN4O3S. The van der Waals surface area contributed by atoms with Gasteiger partial charge >= 0.3 is 0 Å². The number of benzene rings is 2. The first-order valence-corrected chi connectivity index (χ1v) is 12.3. The van der Waals surface area contributed by atoms with Crippen LogP contribution in [0.4, 0.5) is 21.6 Å². The van der Waals surface area contributed by atoms with Gasteiger partial charge in [-0.3, -0.25) is 0 Å². The number of hydrogen-bond acceptors (Lipinski definition) is 7. The van der Waals surface area contributed by atoms with E-state index in [1.54, 1.807) is 6.07 Å². The molecule has 0 spiro atoms. The summed E-state index contributed by atoms with van der Waals surface area (Å²) in [7, 11) is -0.154. The second-order valence-corrected chi connectivity index (χ2v) is 11.5. The van der Waals surface area contributed by atoms with Gasteiger partial charge in [-0.15, -0.1) is 0 Å². The highest BCUT2D eigenvalue weighted by Gasteiger charge is 2.29. The number of rotatable bonds is 5. The van der Waals surface area contributed by atoms with Crippen molar-refractivity contribution in [2.75, 3.05) is 24.8 Å². The van der Waals surface area contributed by atoms with E-state index in [0.717, 1.165) is 22.2 Å². The quantitative estimate of drug-likeness (QED) is 0.553. The minimum Gasteiger partial charge on any atom is -0.483 e. The van der Waals surface area contributed by atoms with Gasteiger partial charge in [-0.2, -0.15) is 0 Å². The lowest BCUT2D eigenvalue weighted by Crippen LogP contribution is -2.30. The Balaban J connectivity index is 1.70. The number of ether oxygens (including phenoxy) is 2. The van der Waals surface area contributed by atoms with Crippen molar-refractivity contribution < 1.29 is 19.0 Å². The van der Waals surface area contributed by atoms with E-state index in [1.807, 2.05) is 19.1 Å². The molecule has 0 aliphatic carbocycles. The highest BCUT2D eigenvalue weighted by molar-refractivity contribution is 7.88. The van der Waals surface area contributed by atoms with Gasteiger partial charge in [0.05, 0.1) is 30.1 Å². The summed E-state index contributed by atoms with van der Waals surface area (Å²) in [6.45, 7) is 8.96. The maximum absolute atomic E-state index is 14.0. The number of anilines is 2. The molecule has 33 heavy (non-hydrogen) atoms. The van der Waals surface area contributed by atoms with Gasteiger partial charge in [-0.05, 0) is 43.0 Å². The smallest absolute Gasteiger partial charge is 0.150 e. The van der Waals surface area contributed by atoms with Crippen LogP contribution < -0.4 is 10.1 Å².